The van der Waals surface area contributed by atoms with Crippen LogP contribution in [0.4, 0.5) is 5.82 Å². The monoisotopic (exact) mass is 267 g/mol. The number of anilines is 1. The van der Waals surface area contributed by atoms with Crippen LogP contribution < -0.4 is 5.32 Å². The minimum absolute atomic E-state index is 0.0718. The highest BCUT2D eigenvalue weighted by Gasteiger charge is 2.15. The van der Waals surface area contributed by atoms with Crippen molar-refractivity contribution in [3.8, 4) is 0 Å². The molecule has 0 unspecified atom stereocenters. The molecule has 0 bridgehead atoms. The molecule has 0 aliphatic rings. The number of carbonyl (C=O) groups excluding carboxylic acids is 1. The van der Waals surface area contributed by atoms with Crippen LogP contribution in [0, 0.1) is 0 Å². The van der Waals surface area contributed by atoms with Gasteiger partial charge >= 0.3 is 5.97 Å². The van der Waals surface area contributed by atoms with Crippen LogP contribution in [0.2, 0.25) is 0 Å². The number of hydrogen-bond donors (Lipinski definition) is 1. The van der Waals surface area contributed by atoms with Crippen molar-refractivity contribution in [2.45, 2.75) is 39.9 Å². The number of aromatic nitrogens is 2. The molecule has 6 nitrogen and oxygen atoms in total. The molecule has 1 aromatic heterocycles. The van der Waals surface area contributed by atoms with Crippen molar-refractivity contribution in [2.24, 2.45) is 0 Å². The Kier molecular flexibility index (Phi) is 5.69. The van der Waals surface area contributed by atoms with Crippen LogP contribution in [0.3, 0.4) is 0 Å². The average Bonchev–Trinajstić information content (AvgIpc) is 2.32. The lowest BCUT2D eigenvalue weighted by Crippen LogP contribution is -2.28. The topological polar surface area (TPSA) is 73.3 Å². The lowest BCUT2D eigenvalue weighted by atomic mass is 10.2. The summed E-state index contributed by atoms with van der Waals surface area (Å²) >= 11 is 0. The van der Waals surface area contributed by atoms with Crippen molar-refractivity contribution in [3.63, 3.8) is 0 Å². The van der Waals surface area contributed by atoms with Crippen LogP contribution in [0.1, 0.15) is 33.4 Å². The van der Waals surface area contributed by atoms with Crippen molar-refractivity contribution in [3.05, 3.63) is 18.1 Å². The van der Waals surface area contributed by atoms with E-state index in [0.717, 1.165) is 5.69 Å². The van der Waals surface area contributed by atoms with Gasteiger partial charge in [-0.05, 0) is 27.7 Å². The van der Waals surface area contributed by atoms with Crippen molar-refractivity contribution >= 4 is 11.8 Å². The first-order valence-electron chi connectivity index (χ1n) is 6.25. The lowest BCUT2D eigenvalue weighted by Gasteiger charge is -2.19. The highest BCUT2D eigenvalue weighted by molar-refractivity contribution is 5.74. The Bertz CT molecular complexity index is 416. The maximum atomic E-state index is 11.5. The summed E-state index contributed by atoms with van der Waals surface area (Å²) in [4.78, 5) is 19.6. The molecule has 0 aliphatic carbocycles. The van der Waals surface area contributed by atoms with Crippen molar-refractivity contribution in [2.75, 3.05) is 18.5 Å². The zero-order valence-corrected chi connectivity index (χ0v) is 11.9. The third kappa shape index (κ3) is 6.71. The fourth-order valence-corrected chi connectivity index (χ4v) is 1.32. The molecule has 0 saturated carbocycles. The summed E-state index contributed by atoms with van der Waals surface area (Å²) in [5.41, 5.74) is 0.286. The van der Waals surface area contributed by atoms with Gasteiger partial charge in [-0.3, -0.25) is 4.79 Å². The zero-order valence-electron chi connectivity index (χ0n) is 11.9. The Balaban J connectivity index is 2.46. The first kappa shape index (κ1) is 15.4. The van der Waals surface area contributed by atoms with Crippen LogP contribution in [0.15, 0.2) is 12.4 Å². The van der Waals surface area contributed by atoms with Crippen LogP contribution >= 0.6 is 0 Å². The SMILES string of the molecule is CCOCc1cc(NCC(=O)OC(C)(C)C)ncn1. The molecule has 0 amide bonds. The van der Waals surface area contributed by atoms with E-state index < -0.39 is 5.60 Å². The van der Waals surface area contributed by atoms with Gasteiger partial charge in [0.15, 0.2) is 0 Å². The number of esters is 1. The molecule has 0 radical (unpaired) electrons. The van der Waals surface area contributed by atoms with Crippen molar-refractivity contribution in [1.29, 1.82) is 0 Å². The van der Waals surface area contributed by atoms with Gasteiger partial charge in [0.05, 0.1) is 12.3 Å². The van der Waals surface area contributed by atoms with E-state index in [1.54, 1.807) is 6.07 Å². The molecular formula is C13H21N3O3. The van der Waals surface area contributed by atoms with Gasteiger partial charge in [-0.2, -0.15) is 0 Å². The van der Waals surface area contributed by atoms with E-state index in [4.69, 9.17) is 9.47 Å². The van der Waals surface area contributed by atoms with Crippen molar-refractivity contribution in [1.82, 2.24) is 9.97 Å². The number of hydrogen-bond acceptors (Lipinski definition) is 6. The maximum Gasteiger partial charge on any atom is 0.325 e. The second-order valence-corrected chi connectivity index (χ2v) is 4.97. The Hall–Kier alpha value is -1.69. The molecule has 0 atom stereocenters. The Labute approximate surface area is 113 Å². The third-order valence-corrected chi connectivity index (χ3v) is 2.01. The van der Waals surface area contributed by atoms with E-state index in [1.165, 1.54) is 6.33 Å². The molecule has 6 heteroatoms. The lowest BCUT2D eigenvalue weighted by molar-refractivity contribution is -0.152. The predicted octanol–water partition coefficient (Wildman–Crippen LogP) is 1.77. The molecule has 0 aromatic carbocycles. The normalized spacial score (nSPS) is 11.2. The predicted molar refractivity (Wildman–Crippen MR) is 71.7 cm³/mol. The van der Waals surface area contributed by atoms with Gasteiger partial charge in [0.25, 0.3) is 0 Å². The Morgan fingerprint density at radius 2 is 2.11 bits per heavy atom. The minimum Gasteiger partial charge on any atom is -0.459 e. The zero-order chi connectivity index (χ0) is 14.3. The number of nitrogens with zero attached hydrogens (tertiary/aromatic N) is 2. The average molecular weight is 267 g/mol. The largest absolute Gasteiger partial charge is 0.459 e. The van der Waals surface area contributed by atoms with Gasteiger partial charge in [0.2, 0.25) is 0 Å². The molecule has 1 rings (SSSR count). The molecular weight excluding hydrogens is 246 g/mol. The summed E-state index contributed by atoms with van der Waals surface area (Å²) in [6.07, 6.45) is 1.44. The van der Waals surface area contributed by atoms with Crippen LogP contribution in [0.5, 0.6) is 0 Å². The molecule has 1 heterocycles. The molecule has 106 valence electrons. The molecule has 1 N–H and O–H groups in total. The third-order valence-electron chi connectivity index (χ3n) is 2.01. The second kappa shape index (κ2) is 7.04. The van der Waals surface area contributed by atoms with Gasteiger partial charge in [-0.15, -0.1) is 0 Å². The summed E-state index contributed by atoms with van der Waals surface area (Å²) in [7, 11) is 0. The van der Waals surface area contributed by atoms with Crippen LogP contribution in [-0.2, 0) is 20.9 Å². The molecule has 0 spiro atoms. The van der Waals surface area contributed by atoms with Gasteiger partial charge in [-0.1, -0.05) is 0 Å². The van der Waals surface area contributed by atoms with E-state index >= 15 is 0 Å². The van der Waals surface area contributed by atoms with Gasteiger partial charge in [0.1, 0.15) is 24.3 Å². The summed E-state index contributed by atoms with van der Waals surface area (Å²) in [6.45, 7) is 8.54. The fraction of sp³-hybridized carbons (Fsp3) is 0.615. The smallest absolute Gasteiger partial charge is 0.325 e. The number of rotatable bonds is 6. The fourth-order valence-electron chi connectivity index (χ4n) is 1.32. The minimum atomic E-state index is -0.482. The number of nitrogens with one attached hydrogen (secondary N) is 1. The molecule has 1 aromatic rings. The molecule has 0 saturated heterocycles. The number of ether oxygens (including phenoxy) is 2. The second-order valence-electron chi connectivity index (χ2n) is 4.97. The molecule has 0 aliphatic heterocycles. The molecule has 19 heavy (non-hydrogen) atoms. The summed E-state index contributed by atoms with van der Waals surface area (Å²) < 4.78 is 10.4. The quantitative estimate of drug-likeness (QED) is 0.792. The highest BCUT2D eigenvalue weighted by Crippen LogP contribution is 2.08. The van der Waals surface area contributed by atoms with E-state index in [0.29, 0.717) is 19.0 Å². The Morgan fingerprint density at radius 3 is 2.74 bits per heavy atom. The molecule has 0 fully saturated rings. The Morgan fingerprint density at radius 1 is 1.37 bits per heavy atom. The summed E-state index contributed by atoms with van der Waals surface area (Å²) in [5, 5.41) is 2.90. The summed E-state index contributed by atoms with van der Waals surface area (Å²) in [6, 6.07) is 1.75. The standard InChI is InChI=1S/C13H21N3O3/c1-5-18-8-10-6-11(16-9-15-10)14-7-12(17)19-13(2,3)4/h6,9H,5,7-8H2,1-4H3,(H,14,15,16). The van der Waals surface area contributed by atoms with E-state index in [9.17, 15) is 4.79 Å². The van der Waals surface area contributed by atoms with Crippen LogP contribution in [-0.4, -0.2) is 34.7 Å². The number of carbonyl (C=O) groups is 1. The van der Waals surface area contributed by atoms with E-state index in [1.807, 2.05) is 27.7 Å². The van der Waals surface area contributed by atoms with Gasteiger partial charge in [0, 0.05) is 12.7 Å². The van der Waals surface area contributed by atoms with Crippen LogP contribution in [0.25, 0.3) is 0 Å². The highest BCUT2D eigenvalue weighted by atomic mass is 16.6. The van der Waals surface area contributed by atoms with E-state index in [-0.39, 0.29) is 12.5 Å². The van der Waals surface area contributed by atoms with E-state index in [2.05, 4.69) is 15.3 Å². The first-order valence-corrected chi connectivity index (χ1v) is 6.25. The first-order chi connectivity index (χ1) is 8.90. The van der Waals surface area contributed by atoms with Gasteiger partial charge in [-0.25, -0.2) is 9.97 Å². The summed E-state index contributed by atoms with van der Waals surface area (Å²) in [5.74, 6) is 0.257. The van der Waals surface area contributed by atoms with Gasteiger partial charge < -0.3 is 14.8 Å². The maximum absolute atomic E-state index is 11.5. The van der Waals surface area contributed by atoms with Crippen molar-refractivity contribution < 1.29 is 14.3 Å².